The largest absolute Gasteiger partial charge is 0.308 e. The highest BCUT2D eigenvalue weighted by atomic mass is 15.2. The van der Waals surface area contributed by atoms with E-state index in [0.29, 0.717) is 0 Å². The van der Waals surface area contributed by atoms with Crippen molar-refractivity contribution < 1.29 is 0 Å². The summed E-state index contributed by atoms with van der Waals surface area (Å²) >= 11 is 0. The summed E-state index contributed by atoms with van der Waals surface area (Å²) in [6, 6.07) is 0.731. The van der Waals surface area contributed by atoms with E-state index < -0.39 is 0 Å². The lowest BCUT2D eigenvalue weighted by Gasteiger charge is -2.29. The third-order valence-electron chi connectivity index (χ3n) is 2.32. The number of rotatable bonds is 6. The molecule has 0 amide bonds. The second-order valence-electron chi connectivity index (χ2n) is 3.78. The van der Waals surface area contributed by atoms with Crippen LogP contribution in [0.25, 0.3) is 0 Å². The van der Waals surface area contributed by atoms with Gasteiger partial charge in [-0.05, 0) is 34.1 Å². The van der Waals surface area contributed by atoms with Crippen molar-refractivity contribution in [3.05, 3.63) is 0 Å². The lowest BCUT2D eigenvalue weighted by Crippen LogP contribution is -2.39. The molecule has 2 heteroatoms. The molecule has 0 saturated carbocycles. The van der Waals surface area contributed by atoms with Gasteiger partial charge in [-0.25, -0.2) is 0 Å². The second kappa shape index (κ2) is 6.44. The molecule has 0 radical (unpaired) electrons. The Morgan fingerprint density at radius 3 is 2.00 bits per heavy atom. The molecule has 0 aliphatic carbocycles. The SMILES string of the molecule is CCCC(CN(C)C)N(C)CC. The van der Waals surface area contributed by atoms with Crippen molar-refractivity contribution in [3.8, 4) is 0 Å². The molecule has 0 fully saturated rings. The van der Waals surface area contributed by atoms with Crippen LogP contribution in [0.15, 0.2) is 0 Å². The summed E-state index contributed by atoms with van der Waals surface area (Å²) in [5, 5.41) is 0. The van der Waals surface area contributed by atoms with Crippen LogP contribution in [0.5, 0.6) is 0 Å². The summed E-state index contributed by atoms with van der Waals surface area (Å²) in [7, 11) is 6.50. The second-order valence-corrected chi connectivity index (χ2v) is 3.78. The third kappa shape index (κ3) is 4.73. The first-order valence-corrected chi connectivity index (χ1v) is 4.96. The molecule has 0 aliphatic rings. The minimum absolute atomic E-state index is 0.731. The zero-order valence-corrected chi connectivity index (χ0v) is 9.30. The van der Waals surface area contributed by atoms with Crippen molar-refractivity contribution in [1.29, 1.82) is 0 Å². The Balaban J connectivity index is 3.84. The Morgan fingerprint density at radius 1 is 1.08 bits per heavy atom. The number of hydrogen-bond donors (Lipinski definition) is 0. The Bertz CT molecular complexity index is 102. The van der Waals surface area contributed by atoms with Crippen molar-refractivity contribution in [2.45, 2.75) is 32.7 Å². The van der Waals surface area contributed by atoms with Crippen LogP contribution in [0.4, 0.5) is 0 Å². The quantitative estimate of drug-likeness (QED) is 0.601. The van der Waals surface area contributed by atoms with E-state index in [-0.39, 0.29) is 0 Å². The molecule has 0 aromatic carbocycles. The van der Waals surface area contributed by atoms with Crippen molar-refractivity contribution in [2.24, 2.45) is 0 Å². The first-order valence-electron chi connectivity index (χ1n) is 4.96. The van der Waals surface area contributed by atoms with E-state index in [0.717, 1.165) is 12.6 Å². The standard InChI is InChI=1S/C10H24N2/c1-6-8-10(9-11(3)4)12(5)7-2/h10H,6-9H2,1-5H3. The lowest BCUT2D eigenvalue weighted by atomic mass is 10.1. The molecule has 0 saturated heterocycles. The van der Waals surface area contributed by atoms with Gasteiger partial charge in [-0.1, -0.05) is 20.3 Å². The zero-order valence-electron chi connectivity index (χ0n) is 9.30. The first kappa shape index (κ1) is 11.9. The van der Waals surface area contributed by atoms with E-state index in [1.807, 2.05) is 0 Å². The van der Waals surface area contributed by atoms with Crippen LogP contribution in [0, 0.1) is 0 Å². The van der Waals surface area contributed by atoms with Crippen LogP contribution in [0.1, 0.15) is 26.7 Å². The van der Waals surface area contributed by atoms with E-state index in [1.165, 1.54) is 19.4 Å². The number of hydrogen-bond acceptors (Lipinski definition) is 2. The molecule has 0 rings (SSSR count). The van der Waals surface area contributed by atoms with Gasteiger partial charge in [0, 0.05) is 12.6 Å². The highest BCUT2D eigenvalue weighted by Gasteiger charge is 2.12. The van der Waals surface area contributed by atoms with Gasteiger partial charge in [-0.15, -0.1) is 0 Å². The van der Waals surface area contributed by atoms with Gasteiger partial charge in [0.05, 0.1) is 0 Å². The van der Waals surface area contributed by atoms with E-state index in [9.17, 15) is 0 Å². The molecule has 1 unspecified atom stereocenters. The first-order chi connectivity index (χ1) is 5.61. The van der Waals surface area contributed by atoms with Crippen LogP contribution >= 0.6 is 0 Å². The molecule has 12 heavy (non-hydrogen) atoms. The van der Waals surface area contributed by atoms with Gasteiger partial charge < -0.3 is 9.80 Å². The summed E-state index contributed by atoms with van der Waals surface area (Å²) in [5.74, 6) is 0. The summed E-state index contributed by atoms with van der Waals surface area (Å²) in [6.07, 6.45) is 2.59. The topological polar surface area (TPSA) is 6.48 Å². The predicted octanol–water partition coefficient (Wildman–Crippen LogP) is 1.67. The van der Waals surface area contributed by atoms with Gasteiger partial charge in [0.2, 0.25) is 0 Å². The summed E-state index contributed by atoms with van der Waals surface area (Å²) < 4.78 is 0. The average molecular weight is 172 g/mol. The van der Waals surface area contributed by atoms with Crippen LogP contribution in [0.3, 0.4) is 0 Å². The van der Waals surface area contributed by atoms with Crippen molar-refractivity contribution in [3.63, 3.8) is 0 Å². The van der Waals surface area contributed by atoms with Gasteiger partial charge in [0.15, 0.2) is 0 Å². The fourth-order valence-electron chi connectivity index (χ4n) is 1.46. The lowest BCUT2D eigenvalue weighted by molar-refractivity contribution is 0.192. The normalized spacial score (nSPS) is 14.2. The van der Waals surface area contributed by atoms with Gasteiger partial charge in [-0.3, -0.25) is 0 Å². The highest BCUT2D eigenvalue weighted by molar-refractivity contribution is 4.69. The Kier molecular flexibility index (Phi) is 6.39. The van der Waals surface area contributed by atoms with Crippen LogP contribution in [0.2, 0.25) is 0 Å². The molecule has 0 spiro atoms. The fraction of sp³-hybridized carbons (Fsp3) is 1.00. The summed E-state index contributed by atoms with van der Waals surface area (Å²) in [5.41, 5.74) is 0. The molecule has 0 aromatic rings. The summed E-state index contributed by atoms with van der Waals surface area (Å²) in [6.45, 7) is 6.81. The maximum absolute atomic E-state index is 2.43. The van der Waals surface area contributed by atoms with Gasteiger partial charge in [0.1, 0.15) is 0 Å². The van der Waals surface area contributed by atoms with Gasteiger partial charge >= 0.3 is 0 Å². The maximum atomic E-state index is 2.43. The minimum Gasteiger partial charge on any atom is -0.308 e. The van der Waals surface area contributed by atoms with Crippen LogP contribution < -0.4 is 0 Å². The molecule has 74 valence electrons. The van der Waals surface area contributed by atoms with E-state index in [4.69, 9.17) is 0 Å². The molecule has 0 aliphatic heterocycles. The molecular weight excluding hydrogens is 148 g/mol. The van der Waals surface area contributed by atoms with Crippen molar-refractivity contribution in [1.82, 2.24) is 9.80 Å². The molecule has 0 aromatic heterocycles. The fourth-order valence-corrected chi connectivity index (χ4v) is 1.46. The Morgan fingerprint density at radius 2 is 1.67 bits per heavy atom. The molecular formula is C10H24N2. The monoisotopic (exact) mass is 172 g/mol. The minimum atomic E-state index is 0.731. The van der Waals surface area contributed by atoms with Crippen molar-refractivity contribution in [2.75, 3.05) is 34.2 Å². The third-order valence-corrected chi connectivity index (χ3v) is 2.32. The van der Waals surface area contributed by atoms with Gasteiger partial charge in [-0.2, -0.15) is 0 Å². The number of nitrogens with zero attached hydrogens (tertiary/aromatic N) is 2. The zero-order chi connectivity index (χ0) is 9.56. The maximum Gasteiger partial charge on any atom is 0.0219 e. The summed E-state index contributed by atoms with van der Waals surface area (Å²) in [4.78, 5) is 4.70. The van der Waals surface area contributed by atoms with E-state index in [2.05, 4.69) is 44.8 Å². The number of likely N-dealkylation sites (N-methyl/N-ethyl adjacent to an activating group) is 2. The molecule has 0 heterocycles. The molecule has 1 atom stereocenters. The Labute approximate surface area is 77.5 Å². The molecule has 0 N–H and O–H groups in total. The molecule has 0 bridgehead atoms. The van der Waals surface area contributed by atoms with Crippen LogP contribution in [-0.2, 0) is 0 Å². The smallest absolute Gasteiger partial charge is 0.0219 e. The van der Waals surface area contributed by atoms with Crippen LogP contribution in [-0.4, -0.2) is 50.1 Å². The van der Waals surface area contributed by atoms with E-state index >= 15 is 0 Å². The predicted molar refractivity (Wildman–Crippen MR) is 55.6 cm³/mol. The Hall–Kier alpha value is -0.0800. The van der Waals surface area contributed by atoms with E-state index in [1.54, 1.807) is 0 Å². The molecule has 2 nitrogen and oxygen atoms in total. The van der Waals surface area contributed by atoms with Gasteiger partial charge in [0.25, 0.3) is 0 Å². The average Bonchev–Trinajstić information content (AvgIpc) is 2.01. The van der Waals surface area contributed by atoms with Crippen molar-refractivity contribution >= 4 is 0 Å². The highest BCUT2D eigenvalue weighted by Crippen LogP contribution is 2.05.